The minimum Gasteiger partial charge on any atom is -0.273 e. The van der Waals surface area contributed by atoms with Crippen LogP contribution in [-0.2, 0) is 4.79 Å². The third-order valence-corrected chi connectivity index (χ3v) is 2.84. The van der Waals surface area contributed by atoms with Crippen LogP contribution in [0.1, 0.15) is 18.5 Å². The number of rotatable bonds is 2. The Balaban J connectivity index is 2.00. The molecule has 1 aromatic heterocycles. The van der Waals surface area contributed by atoms with E-state index in [9.17, 15) is 4.79 Å². The van der Waals surface area contributed by atoms with Crippen LogP contribution in [0.2, 0.25) is 0 Å². The number of nitrogens with zero attached hydrogens (tertiary/aromatic N) is 3. The van der Waals surface area contributed by atoms with Gasteiger partial charge in [-0.15, -0.1) is 0 Å². The Morgan fingerprint density at radius 3 is 2.67 bits per heavy atom. The normalized spacial score (nSPS) is 15.1. The summed E-state index contributed by atoms with van der Waals surface area (Å²) in [5.74, 6) is -0.0375. The number of aromatic nitrogens is 2. The zero-order valence-electron chi connectivity index (χ0n) is 9.71. The van der Waals surface area contributed by atoms with E-state index in [0.717, 1.165) is 17.1 Å². The Bertz CT molecular complexity index is 600. The SMILES string of the molecule is O=C1CCC(c2ccnn2-c2ccccc2)=NN1. The number of carbonyl (C=O) groups is 1. The Labute approximate surface area is 104 Å². The molecule has 0 saturated heterocycles. The molecule has 18 heavy (non-hydrogen) atoms. The van der Waals surface area contributed by atoms with Gasteiger partial charge in [0.1, 0.15) is 0 Å². The van der Waals surface area contributed by atoms with Gasteiger partial charge in [-0.3, -0.25) is 4.79 Å². The lowest BCUT2D eigenvalue weighted by Crippen LogP contribution is -2.27. The second kappa shape index (κ2) is 4.44. The van der Waals surface area contributed by atoms with E-state index in [0.29, 0.717) is 12.8 Å². The van der Waals surface area contributed by atoms with Gasteiger partial charge in [0.2, 0.25) is 5.91 Å². The molecule has 0 spiro atoms. The molecule has 3 rings (SSSR count). The lowest BCUT2D eigenvalue weighted by Gasteiger charge is -2.13. The maximum Gasteiger partial charge on any atom is 0.240 e. The van der Waals surface area contributed by atoms with Crippen molar-refractivity contribution in [1.82, 2.24) is 15.2 Å². The van der Waals surface area contributed by atoms with E-state index in [2.05, 4.69) is 15.6 Å². The standard InChI is InChI=1S/C13H12N4O/c18-13-7-6-11(15-16-13)12-8-9-14-17(12)10-4-2-1-3-5-10/h1-5,8-9H,6-7H2,(H,16,18). The quantitative estimate of drug-likeness (QED) is 0.864. The molecule has 0 saturated carbocycles. The first-order valence-electron chi connectivity index (χ1n) is 5.80. The second-order valence-electron chi connectivity index (χ2n) is 4.06. The number of hydrazone groups is 1. The highest BCUT2D eigenvalue weighted by Gasteiger charge is 2.17. The van der Waals surface area contributed by atoms with E-state index >= 15 is 0 Å². The molecular formula is C13H12N4O. The second-order valence-corrected chi connectivity index (χ2v) is 4.06. The number of hydrogen-bond acceptors (Lipinski definition) is 3. The maximum atomic E-state index is 11.1. The molecule has 0 unspecified atom stereocenters. The molecule has 0 aliphatic carbocycles. The molecule has 1 aromatic carbocycles. The number of amides is 1. The fourth-order valence-electron chi connectivity index (χ4n) is 1.96. The molecule has 1 N–H and O–H groups in total. The summed E-state index contributed by atoms with van der Waals surface area (Å²) < 4.78 is 1.83. The molecule has 0 bridgehead atoms. The van der Waals surface area contributed by atoms with Crippen molar-refractivity contribution in [2.24, 2.45) is 5.10 Å². The van der Waals surface area contributed by atoms with Gasteiger partial charge < -0.3 is 0 Å². The zero-order valence-corrected chi connectivity index (χ0v) is 9.71. The van der Waals surface area contributed by atoms with E-state index in [4.69, 9.17) is 0 Å². The van der Waals surface area contributed by atoms with E-state index < -0.39 is 0 Å². The minimum absolute atomic E-state index is 0.0375. The summed E-state index contributed by atoms with van der Waals surface area (Å²) in [5, 5.41) is 8.40. The number of benzene rings is 1. The van der Waals surface area contributed by atoms with E-state index in [1.54, 1.807) is 6.20 Å². The first kappa shape index (κ1) is 10.7. The highest BCUT2D eigenvalue weighted by Crippen LogP contribution is 2.14. The van der Waals surface area contributed by atoms with Crippen molar-refractivity contribution < 1.29 is 4.79 Å². The number of nitrogens with one attached hydrogen (secondary N) is 1. The lowest BCUT2D eigenvalue weighted by atomic mass is 10.1. The Kier molecular flexibility index (Phi) is 2.64. The fraction of sp³-hybridized carbons (Fsp3) is 0.154. The topological polar surface area (TPSA) is 59.3 Å². The number of para-hydroxylation sites is 1. The van der Waals surface area contributed by atoms with Gasteiger partial charge in [-0.05, 0) is 18.2 Å². The third-order valence-electron chi connectivity index (χ3n) is 2.84. The average molecular weight is 240 g/mol. The Morgan fingerprint density at radius 2 is 1.94 bits per heavy atom. The molecule has 0 atom stereocenters. The van der Waals surface area contributed by atoms with Crippen molar-refractivity contribution in [3.8, 4) is 5.69 Å². The van der Waals surface area contributed by atoms with Crippen LogP contribution in [-0.4, -0.2) is 21.4 Å². The van der Waals surface area contributed by atoms with Crippen LogP contribution in [0.5, 0.6) is 0 Å². The summed E-state index contributed by atoms with van der Waals surface area (Å²) >= 11 is 0. The summed E-state index contributed by atoms with van der Waals surface area (Å²) in [5.41, 5.74) is 5.27. The van der Waals surface area contributed by atoms with Gasteiger partial charge in [0.25, 0.3) is 0 Å². The van der Waals surface area contributed by atoms with Crippen LogP contribution < -0.4 is 5.43 Å². The van der Waals surface area contributed by atoms with E-state index in [-0.39, 0.29) is 5.91 Å². The summed E-state index contributed by atoms with van der Waals surface area (Å²) in [6, 6.07) is 11.8. The van der Waals surface area contributed by atoms with Gasteiger partial charge in [0, 0.05) is 12.8 Å². The van der Waals surface area contributed by atoms with Gasteiger partial charge in [-0.2, -0.15) is 10.2 Å². The van der Waals surface area contributed by atoms with Crippen LogP contribution in [0.4, 0.5) is 0 Å². The van der Waals surface area contributed by atoms with E-state index in [1.165, 1.54) is 0 Å². The predicted octanol–water partition coefficient (Wildman–Crippen LogP) is 1.49. The molecule has 1 aliphatic rings. The number of carbonyl (C=O) groups excluding carboxylic acids is 1. The van der Waals surface area contributed by atoms with Gasteiger partial charge in [0.15, 0.2) is 0 Å². The van der Waals surface area contributed by atoms with Crippen molar-refractivity contribution in [2.75, 3.05) is 0 Å². The summed E-state index contributed by atoms with van der Waals surface area (Å²) in [6.07, 6.45) is 2.85. The van der Waals surface area contributed by atoms with Crippen LogP contribution in [0.3, 0.4) is 0 Å². The lowest BCUT2D eigenvalue weighted by molar-refractivity contribution is -0.121. The minimum atomic E-state index is -0.0375. The van der Waals surface area contributed by atoms with Gasteiger partial charge in [0.05, 0.1) is 23.3 Å². The van der Waals surface area contributed by atoms with Crippen LogP contribution >= 0.6 is 0 Å². The monoisotopic (exact) mass is 240 g/mol. The van der Waals surface area contributed by atoms with Crippen molar-refractivity contribution in [1.29, 1.82) is 0 Å². The molecule has 0 fully saturated rings. The fourth-order valence-corrected chi connectivity index (χ4v) is 1.96. The van der Waals surface area contributed by atoms with Crippen LogP contribution in [0, 0.1) is 0 Å². The first-order valence-corrected chi connectivity index (χ1v) is 5.80. The molecule has 1 amide bonds. The van der Waals surface area contributed by atoms with Gasteiger partial charge in [-0.25, -0.2) is 10.1 Å². The van der Waals surface area contributed by atoms with E-state index in [1.807, 2.05) is 41.1 Å². The van der Waals surface area contributed by atoms with Gasteiger partial charge in [-0.1, -0.05) is 18.2 Å². The van der Waals surface area contributed by atoms with Crippen molar-refractivity contribution in [2.45, 2.75) is 12.8 Å². The molecule has 2 aromatic rings. The summed E-state index contributed by atoms with van der Waals surface area (Å²) in [4.78, 5) is 11.1. The van der Waals surface area contributed by atoms with Crippen LogP contribution in [0.15, 0.2) is 47.7 Å². The Morgan fingerprint density at radius 1 is 1.11 bits per heavy atom. The molecular weight excluding hydrogens is 228 g/mol. The summed E-state index contributed by atoms with van der Waals surface area (Å²) in [6.45, 7) is 0. The third kappa shape index (κ3) is 1.90. The maximum absolute atomic E-state index is 11.1. The molecule has 1 aliphatic heterocycles. The summed E-state index contributed by atoms with van der Waals surface area (Å²) in [7, 11) is 0. The Hall–Kier alpha value is -2.43. The van der Waals surface area contributed by atoms with Crippen molar-refractivity contribution >= 4 is 11.6 Å². The molecule has 5 nitrogen and oxygen atoms in total. The van der Waals surface area contributed by atoms with Crippen molar-refractivity contribution in [3.05, 3.63) is 48.3 Å². The average Bonchev–Trinajstić information content (AvgIpc) is 2.90. The largest absolute Gasteiger partial charge is 0.273 e. The van der Waals surface area contributed by atoms with Crippen LogP contribution in [0.25, 0.3) is 5.69 Å². The highest BCUT2D eigenvalue weighted by molar-refractivity contribution is 6.03. The first-order chi connectivity index (χ1) is 8.84. The smallest absolute Gasteiger partial charge is 0.240 e. The predicted molar refractivity (Wildman–Crippen MR) is 67.5 cm³/mol. The van der Waals surface area contributed by atoms with Crippen molar-refractivity contribution in [3.63, 3.8) is 0 Å². The highest BCUT2D eigenvalue weighted by atomic mass is 16.2. The zero-order chi connectivity index (χ0) is 12.4. The van der Waals surface area contributed by atoms with Gasteiger partial charge >= 0.3 is 0 Å². The molecule has 0 radical (unpaired) electrons. The number of hydrogen-bond donors (Lipinski definition) is 1. The molecule has 90 valence electrons. The molecule has 5 heteroatoms. The molecule has 2 heterocycles.